The fraction of sp³-hybridized carbons (Fsp3) is 0.136. The number of amidine groups is 1. The van der Waals surface area contributed by atoms with Crippen molar-refractivity contribution in [1.82, 2.24) is 10.7 Å². The number of hydrogen-bond acceptors (Lipinski definition) is 9. The molecule has 0 atom stereocenters. The highest BCUT2D eigenvalue weighted by atomic mass is 16.5. The molecule has 2 aromatic carbocycles. The van der Waals surface area contributed by atoms with E-state index in [1.807, 2.05) is 6.92 Å². The van der Waals surface area contributed by atoms with E-state index in [-0.39, 0.29) is 22.8 Å². The van der Waals surface area contributed by atoms with Gasteiger partial charge in [-0.15, -0.1) is 0 Å². The first-order valence-corrected chi connectivity index (χ1v) is 9.76. The van der Waals surface area contributed by atoms with Gasteiger partial charge in [-0.25, -0.2) is 20.4 Å². The van der Waals surface area contributed by atoms with Gasteiger partial charge in [0, 0.05) is 0 Å². The predicted molar refractivity (Wildman–Crippen MR) is 120 cm³/mol. The zero-order valence-electron chi connectivity index (χ0n) is 17.7. The SMILES string of the molecule is C=C1NC(c2ccc(-c3ccc(C(=O)O)c(OCC(=O)O)c3)cc2OCC)=NC(NN)=C1N. The normalized spacial score (nSPS) is 13.2. The van der Waals surface area contributed by atoms with Gasteiger partial charge in [-0.1, -0.05) is 18.7 Å². The van der Waals surface area contributed by atoms with Crippen LogP contribution in [-0.2, 0) is 4.79 Å². The molecule has 33 heavy (non-hydrogen) atoms. The van der Waals surface area contributed by atoms with E-state index < -0.39 is 18.5 Å². The van der Waals surface area contributed by atoms with Gasteiger partial charge >= 0.3 is 11.9 Å². The number of aliphatic carboxylic acids is 1. The van der Waals surface area contributed by atoms with Crippen molar-refractivity contribution in [2.45, 2.75) is 6.92 Å². The number of rotatable bonds is 9. The number of ether oxygens (including phenoxy) is 2. The lowest BCUT2D eigenvalue weighted by molar-refractivity contribution is -0.139. The second-order valence-corrected chi connectivity index (χ2v) is 6.81. The molecule has 11 nitrogen and oxygen atoms in total. The Bertz CT molecular complexity index is 1190. The first-order valence-electron chi connectivity index (χ1n) is 9.76. The first kappa shape index (κ1) is 23.2. The van der Waals surface area contributed by atoms with Crippen molar-refractivity contribution in [3.05, 3.63) is 71.3 Å². The number of nitrogens with zero attached hydrogens (tertiary/aromatic N) is 1. The van der Waals surface area contributed by atoms with E-state index in [0.29, 0.717) is 40.6 Å². The summed E-state index contributed by atoms with van der Waals surface area (Å²) < 4.78 is 11.0. The van der Waals surface area contributed by atoms with E-state index in [0.717, 1.165) is 0 Å². The van der Waals surface area contributed by atoms with Crippen LogP contribution in [-0.4, -0.2) is 41.2 Å². The molecular formula is C22H23N5O6. The molecule has 0 saturated heterocycles. The maximum Gasteiger partial charge on any atom is 0.341 e. The molecular weight excluding hydrogens is 430 g/mol. The Morgan fingerprint density at radius 2 is 1.79 bits per heavy atom. The van der Waals surface area contributed by atoms with Gasteiger partial charge in [-0.2, -0.15) is 0 Å². The van der Waals surface area contributed by atoms with E-state index in [9.17, 15) is 14.7 Å². The maximum atomic E-state index is 11.5. The molecule has 3 rings (SSSR count). The van der Waals surface area contributed by atoms with Crippen LogP contribution in [0.3, 0.4) is 0 Å². The predicted octanol–water partition coefficient (Wildman–Crippen LogP) is 1.37. The standard InChI is InChI=1S/C22H23N5O6/c1-3-32-16-8-12(4-6-14(16)20-25-11(2)19(23)21(26-20)27-24)13-5-7-15(22(30)31)17(9-13)33-10-18(28)29/h4-9,27H,2-3,10,23-24H2,1H3,(H,25,26)(H,28,29)(H,30,31). The molecule has 11 heteroatoms. The Kier molecular flexibility index (Phi) is 6.84. The topological polar surface area (TPSA) is 182 Å². The molecule has 0 unspecified atom stereocenters. The molecule has 0 bridgehead atoms. The van der Waals surface area contributed by atoms with Crippen LogP contribution in [0.25, 0.3) is 11.1 Å². The minimum absolute atomic E-state index is 0.0571. The summed E-state index contributed by atoms with van der Waals surface area (Å²) in [7, 11) is 0. The minimum atomic E-state index is -1.23. The Hall–Kier alpha value is -4.51. The summed E-state index contributed by atoms with van der Waals surface area (Å²) in [4.78, 5) is 26.7. The van der Waals surface area contributed by atoms with Crippen LogP contribution in [0.5, 0.6) is 11.5 Å². The number of aliphatic imine (C=N–C) groups is 1. The van der Waals surface area contributed by atoms with Crippen molar-refractivity contribution in [2.24, 2.45) is 16.6 Å². The summed E-state index contributed by atoms with van der Waals surface area (Å²) in [6, 6.07) is 9.71. The number of carboxylic acid groups (broad SMARTS) is 2. The molecule has 0 radical (unpaired) electrons. The fourth-order valence-corrected chi connectivity index (χ4v) is 3.10. The third-order valence-corrected chi connectivity index (χ3v) is 4.64. The second kappa shape index (κ2) is 9.75. The number of benzene rings is 2. The van der Waals surface area contributed by atoms with Gasteiger partial charge in [0.15, 0.2) is 12.4 Å². The molecule has 0 fully saturated rings. The van der Waals surface area contributed by atoms with Gasteiger partial charge in [0.1, 0.15) is 22.9 Å². The Balaban J connectivity index is 2.05. The highest BCUT2D eigenvalue weighted by Crippen LogP contribution is 2.32. The number of hydrazine groups is 1. The summed E-state index contributed by atoms with van der Waals surface area (Å²) in [5, 5.41) is 21.3. The smallest absolute Gasteiger partial charge is 0.341 e. The van der Waals surface area contributed by atoms with Gasteiger partial charge in [0.2, 0.25) is 0 Å². The third-order valence-electron chi connectivity index (χ3n) is 4.64. The van der Waals surface area contributed by atoms with Crippen LogP contribution in [0.15, 0.2) is 65.2 Å². The monoisotopic (exact) mass is 453 g/mol. The van der Waals surface area contributed by atoms with Crippen LogP contribution in [0.4, 0.5) is 0 Å². The van der Waals surface area contributed by atoms with Crippen molar-refractivity contribution in [2.75, 3.05) is 13.2 Å². The van der Waals surface area contributed by atoms with Crippen molar-refractivity contribution < 1.29 is 29.3 Å². The Morgan fingerprint density at radius 3 is 2.39 bits per heavy atom. The first-order chi connectivity index (χ1) is 15.7. The number of carbonyl (C=O) groups is 2. The minimum Gasteiger partial charge on any atom is -0.493 e. The number of hydrogen-bond donors (Lipinski definition) is 6. The van der Waals surface area contributed by atoms with Gasteiger partial charge in [0.25, 0.3) is 0 Å². The van der Waals surface area contributed by atoms with E-state index in [1.165, 1.54) is 12.1 Å². The molecule has 1 heterocycles. The highest BCUT2D eigenvalue weighted by molar-refractivity contribution is 6.04. The van der Waals surface area contributed by atoms with Crippen LogP contribution < -0.4 is 31.8 Å². The average molecular weight is 453 g/mol. The summed E-state index contributed by atoms with van der Waals surface area (Å²) in [5.74, 6) is 4.15. The van der Waals surface area contributed by atoms with E-state index in [2.05, 4.69) is 22.3 Å². The molecule has 0 aliphatic carbocycles. The lowest BCUT2D eigenvalue weighted by Gasteiger charge is -2.22. The van der Waals surface area contributed by atoms with E-state index in [4.69, 9.17) is 26.2 Å². The van der Waals surface area contributed by atoms with Gasteiger partial charge < -0.3 is 36.2 Å². The van der Waals surface area contributed by atoms with Crippen LogP contribution in [0.1, 0.15) is 22.8 Å². The molecule has 0 amide bonds. The number of nitrogens with two attached hydrogens (primary N) is 2. The summed E-state index contributed by atoms with van der Waals surface area (Å²) in [6.45, 7) is 5.39. The van der Waals surface area contributed by atoms with Crippen LogP contribution >= 0.6 is 0 Å². The summed E-state index contributed by atoms with van der Waals surface area (Å²) in [5.41, 5.74) is 10.8. The van der Waals surface area contributed by atoms with Crippen LogP contribution in [0.2, 0.25) is 0 Å². The van der Waals surface area contributed by atoms with Crippen molar-refractivity contribution in [3.8, 4) is 22.6 Å². The highest BCUT2D eigenvalue weighted by Gasteiger charge is 2.21. The number of aromatic carboxylic acids is 1. The maximum absolute atomic E-state index is 11.5. The van der Waals surface area contributed by atoms with Crippen molar-refractivity contribution in [3.63, 3.8) is 0 Å². The molecule has 8 N–H and O–H groups in total. The molecule has 2 aromatic rings. The lowest BCUT2D eigenvalue weighted by Crippen LogP contribution is -2.36. The van der Waals surface area contributed by atoms with Crippen LogP contribution in [0, 0.1) is 0 Å². The molecule has 0 aromatic heterocycles. The Morgan fingerprint density at radius 1 is 1.12 bits per heavy atom. The van der Waals surface area contributed by atoms with Gasteiger partial charge in [-0.3, -0.25) is 0 Å². The zero-order valence-corrected chi connectivity index (χ0v) is 17.7. The quantitative estimate of drug-likeness (QED) is 0.240. The zero-order chi connectivity index (χ0) is 24.1. The van der Waals surface area contributed by atoms with E-state index in [1.54, 1.807) is 24.3 Å². The number of nitrogens with one attached hydrogen (secondary N) is 2. The molecule has 1 aliphatic heterocycles. The van der Waals surface area contributed by atoms with E-state index >= 15 is 0 Å². The fourth-order valence-electron chi connectivity index (χ4n) is 3.10. The summed E-state index contributed by atoms with van der Waals surface area (Å²) in [6.07, 6.45) is 0. The second-order valence-electron chi connectivity index (χ2n) is 6.81. The molecule has 1 aliphatic rings. The average Bonchev–Trinajstić information content (AvgIpc) is 2.79. The third kappa shape index (κ3) is 5.05. The Labute approximate surface area is 189 Å². The lowest BCUT2D eigenvalue weighted by atomic mass is 10.00. The van der Waals surface area contributed by atoms with Crippen molar-refractivity contribution >= 4 is 17.8 Å². The van der Waals surface area contributed by atoms with Gasteiger partial charge in [-0.05, 0) is 42.3 Å². The molecule has 0 spiro atoms. The van der Waals surface area contributed by atoms with Gasteiger partial charge in [0.05, 0.1) is 23.6 Å². The largest absolute Gasteiger partial charge is 0.493 e. The molecule has 172 valence electrons. The van der Waals surface area contributed by atoms with Crippen molar-refractivity contribution in [1.29, 1.82) is 0 Å². The summed E-state index contributed by atoms with van der Waals surface area (Å²) >= 11 is 0. The number of carboxylic acids is 2. The molecule has 0 saturated carbocycles.